The Labute approximate surface area is 147 Å². The lowest BCUT2D eigenvalue weighted by molar-refractivity contribution is -0.140. The van der Waals surface area contributed by atoms with Crippen molar-refractivity contribution in [3.8, 4) is 5.88 Å². The van der Waals surface area contributed by atoms with E-state index in [-0.39, 0.29) is 18.0 Å². The lowest BCUT2D eigenvalue weighted by Crippen LogP contribution is -2.56. The van der Waals surface area contributed by atoms with Crippen molar-refractivity contribution in [1.82, 2.24) is 9.29 Å². The third-order valence-corrected chi connectivity index (χ3v) is 5.72. The summed E-state index contributed by atoms with van der Waals surface area (Å²) in [5.41, 5.74) is -0.992. The number of pyridine rings is 1. The van der Waals surface area contributed by atoms with Crippen LogP contribution >= 0.6 is 11.6 Å². The fourth-order valence-corrected chi connectivity index (χ4v) is 3.91. The number of hydrogen-bond acceptors (Lipinski definition) is 4. The largest absolute Gasteiger partial charge is 0.471 e. The highest BCUT2D eigenvalue weighted by molar-refractivity contribution is 7.89. The summed E-state index contributed by atoms with van der Waals surface area (Å²) in [6, 6.07) is 7.66. The smallest absolute Gasteiger partial charge is 0.421 e. The molecular weight excluding hydrogens is 381 g/mol. The van der Waals surface area contributed by atoms with Gasteiger partial charge in [-0.15, -0.1) is 0 Å². The Morgan fingerprint density at radius 1 is 1.16 bits per heavy atom. The van der Waals surface area contributed by atoms with Crippen LogP contribution in [0.4, 0.5) is 13.2 Å². The summed E-state index contributed by atoms with van der Waals surface area (Å²) in [6.07, 6.45) is -4.11. The van der Waals surface area contributed by atoms with E-state index in [0.29, 0.717) is 5.02 Å². The summed E-state index contributed by atoms with van der Waals surface area (Å²) in [4.78, 5) is 3.66. The Balaban J connectivity index is 1.69. The van der Waals surface area contributed by atoms with Gasteiger partial charge in [0.1, 0.15) is 11.7 Å². The first-order chi connectivity index (χ1) is 11.7. The van der Waals surface area contributed by atoms with Gasteiger partial charge in [-0.1, -0.05) is 11.6 Å². The summed E-state index contributed by atoms with van der Waals surface area (Å²) >= 11 is 5.73. The van der Waals surface area contributed by atoms with Crippen molar-refractivity contribution in [2.45, 2.75) is 17.2 Å². The SMILES string of the molecule is O=S(=O)(c1ccc(Cl)cc1)N1CC(Oc2ncccc2C(F)(F)F)C1. The minimum Gasteiger partial charge on any atom is -0.471 e. The average molecular weight is 393 g/mol. The molecule has 0 N–H and O–H groups in total. The lowest BCUT2D eigenvalue weighted by atomic mass is 10.2. The van der Waals surface area contributed by atoms with E-state index in [1.807, 2.05) is 0 Å². The van der Waals surface area contributed by atoms with E-state index in [2.05, 4.69) is 4.98 Å². The van der Waals surface area contributed by atoms with Crippen LogP contribution in [0.1, 0.15) is 5.56 Å². The zero-order valence-corrected chi connectivity index (χ0v) is 14.1. The van der Waals surface area contributed by atoms with Gasteiger partial charge in [-0.3, -0.25) is 0 Å². The van der Waals surface area contributed by atoms with E-state index in [1.165, 1.54) is 30.5 Å². The van der Waals surface area contributed by atoms with Crippen LogP contribution in [0.15, 0.2) is 47.5 Å². The average Bonchev–Trinajstić information content (AvgIpc) is 2.50. The molecule has 1 aromatic heterocycles. The molecule has 0 radical (unpaired) electrons. The molecule has 1 aromatic carbocycles. The van der Waals surface area contributed by atoms with Crippen LogP contribution in [-0.4, -0.2) is 36.9 Å². The highest BCUT2D eigenvalue weighted by atomic mass is 35.5. The first kappa shape index (κ1) is 18.0. The molecule has 1 aliphatic heterocycles. The number of aromatic nitrogens is 1. The van der Waals surface area contributed by atoms with Crippen molar-refractivity contribution in [3.05, 3.63) is 53.2 Å². The number of alkyl halides is 3. The van der Waals surface area contributed by atoms with Crippen LogP contribution < -0.4 is 4.74 Å². The minimum atomic E-state index is -4.59. The molecule has 10 heteroatoms. The summed E-state index contributed by atoms with van der Waals surface area (Å²) in [5, 5.41) is 0.401. The van der Waals surface area contributed by atoms with Crippen LogP contribution in [0.25, 0.3) is 0 Å². The maximum atomic E-state index is 12.9. The normalized spacial score (nSPS) is 16.5. The molecule has 3 rings (SSSR count). The molecule has 1 fully saturated rings. The number of nitrogens with zero attached hydrogens (tertiary/aromatic N) is 2. The zero-order valence-electron chi connectivity index (χ0n) is 12.6. The Kier molecular flexibility index (Phi) is 4.65. The fraction of sp³-hybridized carbons (Fsp3) is 0.267. The number of ether oxygens (including phenoxy) is 1. The van der Waals surface area contributed by atoms with E-state index >= 15 is 0 Å². The van der Waals surface area contributed by atoms with Crippen molar-refractivity contribution in [2.75, 3.05) is 13.1 Å². The molecule has 1 saturated heterocycles. The van der Waals surface area contributed by atoms with Crippen LogP contribution in [-0.2, 0) is 16.2 Å². The van der Waals surface area contributed by atoms with Gasteiger partial charge in [0.15, 0.2) is 0 Å². The maximum absolute atomic E-state index is 12.9. The molecule has 5 nitrogen and oxygen atoms in total. The molecule has 1 aliphatic rings. The molecule has 0 spiro atoms. The second kappa shape index (κ2) is 6.47. The Bertz CT molecular complexity index is 866. The number of hydrogen-bond donors (Lipinski definition) is 0. The fourth-order valence-electron chi connectivity index (χ4n) is 2.29. The molecule has 25 heavy (non-hydrogen) atoms. The van der Waals surface area contributed by atoms with Crippen molar-refractivity contribution in [3.63, 3.8) is 0 Å². The van der Waals surface area contributed by atoms with Crippen LogP contribution in [0, 0.1) is 0 Å². The molecule has 0 atom stereocenters. The molecule has 0 aliphatic carbocycles. The molecule has 134 valence electrons. The molecule has 0 bridgehead atoms. The molecule has 2 heterocycles. The van der Waals surface area contributed by atoms with Gasteiger partial charge in [0.05, 0.1) is 18.0 Å². The van der Waals surface area contributed by atoms with Gasteiger partial charge in [0, 0.05) is 11.2 Å². The van der Waals surface area contributed by atoms with E-state index in [0.717, 1.165) is 16.4 Å². The second-order valence-corrected chi connectivity index (χ2v) is 7.74. The Morgan fingerprint density at radius 3 is 2.40 bits per heavy atom. The topological polar surface area (TPSA) is 59.5 Å². The number of halogens is 4. The van der Waals surface area contributed by atoms with Gasteiger partial charge in [-0.05, 0) is 36.4 Å². The predicted molar refractivity (Wildman–Crippen MR) is 83.9 cm³/mol. The second-order valence-electron chi connectivity index (χ2n) is 5.37. The van der Waals surface area contributed by atoms with Crippen molar-refractivity contribution in [2.24, 2.45) is 0 Å². The van der Waals surface area contributed by atoms with Gasteiger partial charge in [-0.2, -0.15) is 17.5 Å². The predicted octanol–water partition coefficient (Wildman–Crippen LogP) is 3.21. The van der Waals surface area contributed by atoms with Crippen molar-refractivity contribution >= 4 is 21.6 Å². The van der Waals surface area contributed by atoms with Gasteiger partial charge >= 0.3 is 6.18 Å². The number of rotatable bonds is 4. The molecule has 2 aromatic rings. The van der Waals surface area contributed by atoms with E-state index in [9.17, 15) is 21.6 Å². The van der Waals surface area contributed by atoms with E-state index in [4.69, 9.17) is 16.3 Å². The monoisotopic (exact) mass is 392 g/mol. The Morgan fingerprint density at radius 2 is 1.80 bits per heavy atom. The Hall–Kier alpha value is -1.84. The molecule has 0 amide bonds. The summed E-state index contributed by atoms with van der Waals surface area (Å²) in [5.74, 6) is -0.552. The highest BCUT2D eigenvalue weighted by Gasteiger charge is 2.41. The first-order valence-electron chi connectivity index (χ1n) is 7.12. The summed E-state index contributed by atoms with van der Waals surface area (Å²) < 4.78 is 69.8. The zero-order chi connectivity index (χ0) is 18.2. The summed E-state index contributed by atoms with van der Waals surface area (Å²) in [6.45, 7) is -0.113. The number of sulfonamides is 1. The van der Waals surface area contributed by atoms with Gasteiger partial charge in [-0.25, -0.2) is 13.4 Å². The van der Waals surface area contributed by atoms with Crippen LogP contribution in [0.2, 0.25) is 5.02 Å². The van der Waals surface area contributed by atoms with Gasteiger partial charge in [0.2, 0.25) is 15.9 Å². The first-order valence-corrected chi connectivity index (χ1v) is 8.94. The molecule has 0 unspecified atom stereocenters. The minimum absolute atomic E-state index is 0.0567. The standard InChI is InChI=1S/C15H12ClF3N2O3S/c16-10-3-5-12(6-4-10)25(22,23)21-8-11(9-21)24-14-13(15(17,18)19)2-1-7-20-14/h1-7,11H,8-9H2. The van der Waals surface area contributed by atoms with Crippen molar-refractivity contribution < 1.29 is 26.3 Å². The molecular formula is C15H12ClF3N2O3S. The quantitative estimate of drug-likeness (QED) is 0.801. The van der Waals surface area contributed by atoms with E-state index < -0.39 is 33.7 Å². The lowest BCUT2D eigenvalue weighted by Gasteiger charge is -2.37. The van der Waals surface area contributed by atoms with Gasteiger partial charge in [0.25, 0.3) is 0 Å². The molecule has 0 saturated carbocycles. The van der Waals surface area contributed by atoms with Crippen LogP contribution in [0.3, 0.4) is 0 Å². The third kappa shape index (κ3) is 3.73. The van der Waals surface area contributed by atoms with Crippen molar-refractivity contribution in [1.29, 1.82) is 0 Å². The van der Waals surface area contributed by atoms with E-state index in [1.54, 1.807) is 0 Å². The maximum Gasteiger partial charge on any atom is 0.421 e. The summed E-state index contributed by atoms with van der Waals surface area (Å²) in [7, 11) is -3.73. The van der Waals surface area contributed by atoms with Gasteiger partial charge < -0.3 is 4.74 Å². The number of benzene rings is 1. The third-order valence-electron chi connectivity index (χ3n) is 3.62. The van der Waals surface area contributed by atoms with Crippen LogP contribution in [0.5, 0.6) is 5.88 Å². The highest BCUT2D eigenvalue weighted by Crippen LogP contribution is 2.36.